The fourth-order valence-electron chi connectivity index (χ4n) is 3.07. The van der Waals surface area contributed by atoms with E-state index < -0.39 is 0 Å². The monoisotopic (exact) mass is 344 g/mol. The largest absolute Gasteiger partial charge is 0.326 e. The van der Waals surface area contributed by atoms with Crippen LogP contribution in [0.1, 0.15) is 45.1 Å². The molecule has 2 aliphatic rings. The molecule has 0 spiro atoms. The number of rotatable bonds is 3. The average molecular weight is 344 g/mol. The summed E-state index contributed by atoms with van der Waals surface area (Å²) >= 11 is 1.62. The first-order valence-electron chi connectivity index (χ1n) is 8.46. The van der Waals surface area contributed by atoms with Crippen molar-refractivity contribution in [3.63, 3.8) is 0 Å². The van der Waals surface area contributed by atoms with Gasteiger partial charge in [-0.05, 0) is 30.9 Å². The average Bonchev–Trinajstić information content (AvgIpc) is 2.58. The number of anilines is 1. The summed E-state index contributed by atoms with van der Waals surface area (Å²) in [5.41, 5.74) is 9.30. The van der Waals surface area contributed by atoms with Gasteiger partial charge in [-0.2, -0.15) is 0 Å². The Kier molecular flexibility index (Phi) is 5.45. The highest BCUT2D eigenvalue weighted by Gasteiger charge is 2.22. The Bertz CT molecular complexity index is 653. The zero-order valence-electron chi connectivity index (χ0n) is 14.1. The van der Waals surface area contributed by atoms with Crippen LogP contribution in [0.2, 0.25) is 0 Å². The Morgan fingerprint density at radius 3 is 2.58 bits per heavy atom. The van der Waals surface area contributed by atoms with E-state index in [0.29, 0.717) is 12.0 Å². The van der Waals surface area contributed by atoms with E-state index in [4.69, 9.17) is 4.99 Å². The second kappa shape index (κ2) is 7.75. The molecule has 0 unspecified atom stereocenters. The molecule has 5 nitrogen and oxygen atoms in total. The fraction of sp³-hybridized carbons (Fsp3) is 0.444. The molecule has 1 aromatic rings. The molecule has 0 radical (unpaired) electrons. The van der Waals surface area contributed by atoms with Gasteiger partial charge in [0.2, 0.25) is 5.91 Å². The minimum absolute atomic E-state index is 0.0622. The third-order valence-corrected chi connectivity index (χ3v) is 5.24. The van der Waals surface area contributed by atoms with Gasteiger partial charge < -0.3 is 5.32 Å². The highest BCUT2D eigenvalue weighted by molar-refractivity contribution is 8.16. The quantitative estimate of drug-likeness (QED) is 0.782. The number of nitrogens with one attached hydrogen (secondary N) is 3. The maximum Gasteiger partial charge on any atom is 0.221 e. The van der Waals surface area contributed by atoms with E-state index in [9.17, 15) is 4.79 Å². The van der Waals surface area contributed by atoms with Crippen molar-refractivity contribution in [3.05, 3.63) is 35.2 Å². The molecular formula is C18H24N4OS. The molecule has 3 rings (SSSR count). The van der Waals surface area contributed by atoms with Crippen LogP contribution in [0.5, 0.6) is 0 Å². The predicted molar refractivity (Wildman–Crippen MR) is 101 cm³/mol. The van der Waals surface area contributed by atoms with Crippen LogP contribution in [-0.4, -0.2) is 17.1 Å². The van der Waals surface area contributed by atoms with E-state index in [1.54, 1.807) is 11.8 Å². The van der Waals surface area contributed by atoms with Gasteiger partial charge in [-0.15, -0.1) is 0 Å². The lowest BCUT2D eigenvalue weighted by Gasteiger charge is -2.27. The van der Waals surface area contributed by atoms with Crippen molar-refractivity contribution in [2.75, 3.05) is 5.32 Å². The standard InChI is InChI=1S/C18H24N4OS/c1-12-5-3-4-6-16(12)20-18-22-21-17(11-24-18)14-7-9-15(10-8-14)19-13(2)23/h7-12,16,21H,3-6H2,1-2H3,(H,19,23)(H,20,22)/t12-,16+/m1/s1. The minimum Gasteiger partial charge on any atom is -0.326 e. The summed E-state index contributed by atoms with van der Waals surface area (Å²) in [7, 11) is 0. The second-order valence-electron chi connectivity index (χ2n) is 6.42. The van der Waals surface area contributed by atoms with Crippen molar-refractivity contribution in [1.29, 1.82) is 0 Å². The number of thioether (sulfide) groups is 1. The predicted octanol–water partition coefficient (Wildman–Crippen LogP) is 3.72. The number of hydrogen-bond acceptors (Lipinski definition) is 4. The van der Waals surface area contributed by atoms with Gasteiger partial charge in [0.1, 0.15) is 0 Å². The van der Waals surface area contributed by atoms with Crippen LogP contribution in [-0.2, 0) is 4.79 Å². The lowest BCUT2D eigenvalue weighted by molar-refractivity contribution is -0.114. The summed E-state index contributed by atoms with van der Waals surface area (Å²) in [5.74, 6) is 0.605. The molecule has 128 valence electrons. The van der Waals surface area contributed by atoms with E-state index in [1.807, 2.05) is 24.3 Å². The van der Waals surface area contributed by atoms with Crippen LogP contribution in [0.4, 0.5) is 5.69 Å². The van der Waals surface area contributed by atoms with Gasteiger partial charge in [0.05, 0.1) is 11.7 Å². The normalized spacial score (nSPS) is 25.4. The molecule has 0 saturated heterocycles. The number of carbonyl (C=O) groups excluding carboxylic acids is 1. The van der Waals surface area contributed by atoms with Crippen molar-refractivity contribution in [3.8, 4) is 0 Å². The molecule has 1 aliphatic heterocycles. The number of hydrazine groups is 1. The Morgan fingerprint density at radius 2 is 1.96 bits per heavy atom. The number of aliphatic imine (C=N–C) groups is 1. The third-order valence-electron chi connectivity index (χ3n) is 4.46. The van der Waals surface area contributed by atoms with Crippen molar-refractivity contribution < 1.29 is 4.79 Å². The van der Waals surface area contributed by atoms with Crippen LogP contribution >= 0.6 is 11.8 Å². The van der Waals surface area contributed by atoms with Gasteiger partial charge >= 0.3 is 0 Å². The number of amidine groups is 1. The summed E-state index contributed by atoms with van der Waals surface area (Å²) in [4.78, 5) is 15.9. The summed E-state index contributed by atoms with van der Waals surface area (Å²) in [5, 5.41) is 5.79. The van der Waals surface area contributed by atoms with Gasteiger partial charge in [-0.25, -0.2) is 0 Å². The lowest BCUT2D eigenvalue weighted by atomic mass is 9.86. The lowest BCUT2D eigenvalue weighted by Crippen LogP contribution is -2.38. The van der Waals surface area contributed by atoms with Gasteiger partial charge in [0, 0.05) is 23.6 Å². The summed E-state index contributed by atoms with van der Waals surface area (Å²) in [6, 6.07) is 8.20. The number of benzene rings is 1. The second-order valence-corrected chi connectivity index (χ2v) is 7.28. The zero-order valence-corrected chi connectivity index (χ0v) is 15.0. The summed E-state index contributed by atoms with van der Waals surface area (Å²) in [6.45, 7) is 3.81. The first-order valence-corrected chi connectivity index (χ1v) is 9.34. The molecule has 3 N–H and O–H groups in total. The van der Waals surface area contributed by atoms with Crippen LogP contribution < -0.4 is 16.2 Å². The van der Waals surface area contributed by atoms with Crippen LogP contribution in [0.15, 0.2) is 34.7 Å². The maximum atomic E-state index is 11.1. The van der Waals surface area contributed by atoms with Crippen molar-refractivity contribution in [1.82, 2.24) is 10.9 Å². The molecule has 0 aromatic heterocycles. The summed E-state index contributed by atoms with van der Waals surface area (Å²) < 4.78 is 0. The van der Waals surface area contributed by atoms with Crippen molar-refractivity contribution in [2.24, 2.45) is 10.9 Å². The van der Waals surface area contributed by atoms with E-state index in [-0.39, 0.29) is 5.91 Å². The molecule has 1 aliphatic carbocycles. The Morgan fingerprint density at radius 1 is 1.21 bits per heavy atom. The smallest absolute Gasteiger partial charge is 0.221 e. The fourth-order valence-corrected chi connectivity index (χ4v) is 3.80. The molecule has 1 heterocycles. The third kappa shape index (κ3) is 4.32. The van der Waals surface area contributed by atoms with E-state index in [2.05, 4.69) is 28.5 Å². The van der Waals surface area contributed by atoms with Gasteiger partial charge in [0.25, 0.3) is 0 Å². The number of carbonyl (C=O) groups is 1. The molecule has 6 heteroatoms. The molecule has 2 atom stereocenters. The number of hydrogen-bond donors (Lipinski definition) is 3. The maximum absolute atomic E-state index is 11.1. The number of nitrogens with zero attached hydrogens (tertiary/aromatic N) is 1. The van der Waals surface area contributed by atoms with Gasteiger partial charge in [-0.3, -0.25) is 20.6 Å². The van der Waals surface area contributed by atoms with Gasteiger partial charge in [0.15, 0.2) is 5.17 Å². The van der Waals surface area contributed by atoms with Crippen molar-refractivity contribution in [2.45, 2.75) is 45.6 Å². The number of amides is 1. The molecule has 1 fully saturated rings. The van der Waals surface area contributed by atoms with Crippen molar-refractivity contribution >= 4 is 34.2 Å². The van der Waals surface area contributed by atoms with Crippen LogP contribution in [0.3, 0.4) is 0 Å². The minimum atomic E-state index is -0.0622. The highest BCUT2D eigenvalue weighted by atomic mass is 32.2. The van der Waals surface area contributed by atoms with E-state index in [1.165, 1.54) is 32.6 Å². The van der Waals surface area contributed by atoms with Crippen LogP contribution in [0.25, 0.3) is 5.70 Å². The molecule has 0 bridgehead atoms. The Balaban J connectivity index is 1.63. The first-order chi connectivity index (χ1) is 11.6. The topological polar surface area (TPSA) is 65.5 Å². The molecule has 1 saturated carbocycles. The SMILES string of the molecule is CC(=O)Nc1ccc(C2=CSC(=N[C@H]3CCCC[C@H]3C)NN2)cc1. The first kappa shape index (κ1) is 16.9. The molecule has 1 amide bonds. The van der Waals surface area contributed by atoms with Gasteiger partial charge in [-0.1, -0.05) is 43.7 Å². The molecule has 24 heavy (non-hydrogen) atoms. The highest BCUT2D eigenvalue weighted by Crippen LogP contribution is 2.28. The van der Waals surface area contributed by atoms with Crippen LogP contribution in [0, 0.1) is 5.92 Å². The zero-order chi connectivity index (χ0) is 16.9. The molecule has 1 aromatic carbocycles. The summed E-state index contributed by atoms with van der Waals surface area (Å²) in [6.07, 6.45) is 5.08. The van der Waals surface area contributed by atoms with E-state index >= 15 is 0 Å². The Labute approximate surface area is 147 Å². The van der Waals surface area contributed by atoms with E-state index in [0.717, 1.165) is 22.1 Å². The molecular weight excluding hydrogens is 320 g/mol. The Hall–Kier alpha value is -1.95.